The molecule has 4 aromatic rings. The van der Waals surface area contributed by atoms with Crippen LogP contribution in [0.3, 0.4) is 0 Å². The van der Waals surface area contributed by atoms with Crippen molar-refractivity contribution >= 4 is 45.9 Å². The van der Waals surface area contributed by atoms with Crippen molar-refractivity contribution < 1.29 is 0 Å². The van der Waals surface area contributed by atoms with E-state index < -0.39 is 0 Å². The minimum atomic E-state index is 0.547. The molecule has 0 aliphatic rings. The lowest BCUT2D eigenvalue weighted by atomic mass is 10.2. The highest BCUT2D eigenvalue weighted by Crippen LogP contribution is 2.36. The van der Waals surface area contributed by atoms with E-state index in [-0.39, 0.29) is 0 Å². The van der Waals surface area contributed by atoms with Crippen LogP contribution in [0.2, 0.25) is 10.0 Å². The molecule has 3 aromatic heterocycles. The summed E-state index contributed by atoms with van der Waals surface area (Å²) in [5.41, 5.74) is 3.18. The number of pyridine rings is 1. The van der Waals surface area contributed by atoms with Gasteiger partial charge in [-0.1, -0.05) is 29.3 Å². The fourth-order valence-electron chi connectivity index (χ4n) is 3.05. The average Bonchev–Trinajstić information content (AvgIpc) is 2.92. The van der Waals surface area contributed by atoms with Gasteiger partial charge in [0.25, 0.3) is 0 Å². The molecule has 0 saturated heterocycles. The number of hydrogen-bond donors (Lipinski definition) is 1. The van der Waals surface area contributed by atoms with Crippen LogP contribution in [0.15, 0.2) is 36.5 Å². The Morgan fingerprint density at radius 3 is 2.44 bits per heavy atom. The molecule has 0 fully saturated rings. The van der Waals surface area contributed by atoms with E-state index in [1.807, 2.05) is 43.7 Å². The van der Waals surface area contributed by atoms with Crippen LogP contribution in [-0.4, -0.2) is 24.5 Å². The van der Waals surface area contributed by atoms with Gasteiger partial charge in [-0.05, 0) is 32.0 Å². The molecule has 136 valence electrons. The standard InChI is InChI=1S/C19H16Cl2N6/c1-10-9-15(24-11(2)23-10)25-18-17-14(7-8-22-18)27(3)19(26-17)16-12(20)5-4-6-13(16)21/h4-9H,1-3H3,(H,22,23,24,25). The predicted octanol–water partition coefficient (Wildman–Crippen LogP) is 5.09. The molecular formula is C19H16Cl2N6. The third-order valence-electron chi connectivity index (χ3n) is 4.20. The van der Waals surface area contributed by atoms with Gasteiger partial charge in [0.2, 0.25) is 0 Å². The number of nitrogens with one attached hydrogen (secondary N) is 1. The number of rotatable bonds is 3. The van der Waals surface area contributed by atoms with Crippen LogP contribution in [0.4, 0.5) is 11.6 Å². The molecular weight excluding hydrogens is 383 g/mol. The minimum absolute atomic E-state index is 0.547. The van der Waals surface area contributed by atoms with Crippen molar-refractivity contribution in [2.24, 2.45) is 7.05 Å². The van der Waals surface area contributed by atoms with Crippen molar-refractivity contribution in [2.75, 3.05) is 5.32 Å². The highest BCUT2D eigenvalue weighted by molar-refractivity contribution is 6.39. The zero-order valence-electron chi connectivity index (χ0n) is 15.0. The van der Waals surface area contributed by atoms with Gasteiger partial charge >= 0.3 is 0 Å². The van der Waals surface area contributed by atoms with E-state index in [1.165, 1.54) is 0 Å². The summed E-state index contributed by atoms with van der Waals surface area (Å²) in [5, 5.41) is 4.34. The molecule has 1 N–H and O–H groups in total. The van der Waals surface area contributed by atoms with Gasteiger partial charge in [-0.25, -0.2) is 19.9 Å². The monoisotopic (exact) mass is 398 g/mol. The van der Waals surface area contributed by atoms with Crippen LogP contribution in [0.25, 0.3) is 22.4 Å². The maximum absolute atomic E-state index is 6.38. The van der Waals surface area contributed by atoms with Crippen LogP contribution in [-0.2, 0) is 7.05 Å². The topological polar surface area (TPSA) is 68.5 Å². The van der Waals surface area contributed by atoms with Crippen LogP contribution >= 0.6 is 23.2 Å². The average molecular weight is 399 g/mol. The number of hydrogen-bond acceptors (Lipinski definition) is 5. The molecule has 0 spiro atoms. The zero-order chi connectivity index (χ0) is 19.1. The van der Waals surface area contributed by atoms with E-state index in [9.17, 15) is 0 Å². The molecule has 0 unspecified atom stereocenters. The minimum Gasteiger partial charge on any atom is -0.327 e. The number of halogens is 2. The number of anilines is 2. The molecule has 6 nitrogen and oxygen atoms in total. The predicted molar refractivity (Wildman–Crippen MR) is 109 cm³/mol. The van der Waals surface area contributed by atoms with Crippen molar-refractivity contribution in [1.29, 1.82) is 0 Å². The molecule has 0 aliphatic heterocycles. The van der Waals surface area contributed by atoms with Crippen molar-refractivity contribution in [3.8, 4) is 11.4 Å². The van der Waals surface area contributed by atoms with E-state index in [0.29, 0.717) is 44.4 Å². The third kappa shape index (κ3) is 3.22. The molecule has 3 heterocycles. The lowest BCUT2D eigenvalue weighted by Gasteiger charge is -2.07. The van der Waals surface area contributed by atoms with Crippen LogP contribution < -0.4 is 5.32 Å². The highest BCUT2D eigenvalue weighted by Gasteiger charge is 2.18. The van der Waals surface area contributed by atoms with Gasteiger partial charge in [0.1, 0.15) is 23.0 Å². The second-order valence-electron chi connectivity index (χ2n) is 6.19. The van der Waals surface area contributed by atoms with E-state index >= 15 is 0 Å². The fourth-order valence-corrected chi connectivity index (χ4v) is 3.61. The van der Waals surface area contributed by atoms with Crippen molar-refractivity contribution in [2.45, 2.75) is 13.8 Å². The van der Waals surface area contributed by atoms with Crippen LogP contribution in [0.1, 0.15) is 11.5 Å². The van der Waals surface area contributed by atoms with Gasteiger partial charge in [0, 0.05) is 25.0 Å². The summed E-state index contributed by atoms with van der Waals surface area (Å²) < 4.78 is 1.95. The van der Waals surface area contributed by atoms with E-state index in [1.54, 1.807) is 18.3 Å². The number of aromatic nitrogens is 5. The van der Waals surface area contributed by atoms with Crippen molar-refractivity contribution in [1.82, 2.24) is 24.5 Å². The molecule has 0 amide bonds. The van der Waals surface area contributed by atoms with Crippen LogP contribution in [0.5, 0.6) is 0 Å². The summed E-state index contributed by atoms with van der Waals surface area (Å²) in [6, 6.07) is 9.17. The number of nitrogens with zero attached hydrogens (tertiary/aromatic N) is 5. The third-order valence-corrected chi connectivity index (χ3v) is 4.83. The molecule has 0 aliphatic carbocycles. The Balaban J connectivity index is 1.87. The first kappa shape index (κ1) is 17.7. The Morgan fingerprint density at radius 2 is 1.74 bits per heavy atom. The number of fused-ring (bicyclic) bond motifs is 1. The second-order valence-corrected chi connectivity index (χ2v) is 7.00. The summed E-state index contributed by atoms with van der Waals surface area (Å²) in [5.74, 6) is 2.64. The molecule has 8 heteroatoms. The Hall–Kier alpha value is -2.70. The summed E-state index contributed by atoms with van der Waals surface area (Å²) >= 11 is 12.8. The molecule has 0 saturated carbocycles. The van der Waals surface area contributed by atoms with Gasteiger partial charge in [0.05, 0.1) is 21.1 Å². The number of imidazole rings is 1. The van der Waals surface area contributed by atoms with Gasteiger partial charge in [-0.3, -0.25) is 0 Å². The summed E-state index contributed by atoms with van der Waals surface area (Å²) in [7, 11) is 1.92. The summed E-state index contributed by atoms with van der Waals surface area (Å²) in [6.45, 7) is 3.77. The van der Waals surface area contributed by atoms with Gasteiger partial charge in [-0.2, -0.15) is 0 Å². The number of aryl methyl sites for hydroxylation is 3. The molecule has 0 bridgehead atoms. The Bertz CT molecular complexity index is 1130. The largest absolute Gasteiger partial charge is 0.327 e. The van der Waals surface area contributed by atoms with Crippen LogP contribution in [0, 0.1) is 13.8 Å². The molecule has 4 rings (SSSR count). The Labute approximate surface area is 166 Å². The lowest BCUT2D eigenvalue weighted by molar-refractivity contribution is 0.959. The highest BCUT2D eigenvalue weighted by atomic mass is 35.5. The first-order chi connectivity index (χ1) is 12.9. The Kier molecular flexibility index (Phi) is 4.45. The maximum atomic E-state index is 6.38. The first-order valence-corrected chi connectivity index (χ1v) is 9.05. The molecule has 1 aromatic carbocycles. The van der Waals surface area contributed by atoms with Gasteiger partial charge in [-0.15, -0.1) is 0 Å². The maximum Gasteiger partial charge on any atom is 0.159 e. The first-order valence-electron chi connectivity index (χ1n) is 8.29. The quantitative estimate of drug-likeness (QED) is 0.520. The Morgan fingerprint density at radius 1 is 1.00 bits per heavy atom. The van der Waals surface area contributed by atoms with Crippen molar-refractivity contribution in [3.05, 3.63) is 58.1 Å². The smallest absolute Gasteiger partial charge is 0.159 e. The summed E-state index contributed by atoms with van der Waals surface area (Å²) in [4.78, 5) is 17.9. The van der Waals surface area contributed by atoms with E-state index in [4.69, 9.17) is 28.2 Å². The zero-order valence-corrected chi connectivity index (χ0v) is 16.5. The van der Waals surface area contributed by atoms with Gasteiger partial charge < -0.3 is 9.88 Å². The second kappa shape index (κ2) is 6.79. The number of benzene rings is 1. The molecule has 0 atom stereocenters. The van der Waals surface area contributed by atoms with Crippen molar-refractivity contribution in [3.63, 3.8) is 0 Å². The lowest BCUT2D eigenvalue weighted by Crippen LogP contribution is -2.00. The molecule has 27 heavy (non-hydrogen) atoms. The normalized spacial score (nSPS) is 11.1. The van der Waals surface area contributed by atoms with Gasteiger partial charge in [0.15, 0.2) is 5.82 Å². The SMILES string of the molecule is Cc1cc(Nc2nccc3c2nc(-c2c(Cl)cccc2Cl)n3C)nc(C)n1. The van der Waals surface area contributed by atoms with E-state index in [2.05, 4.69) is 20.3 Å². The van der Waals surface area contributed by atoms with E-state index in [0.717, 1.165) is 11.2 Å². The fraction of sp³-hybridized carbons (Fsp3) is 0.158. The summed E-state index contributed by atoms with van der Waals surface area (Å²) in [6.07, 6.45) is 1.73. The molecule has 0 radical (unpaired) electrons.